The van der Waals surface area contributed by atoms with Crippen molar-refractivity contribution >= 4 is 23.4 Å². The van der Waals surface area contributed by atoms with Crippen molar-refractivity contribution in [3.63, 3.8) is 0 Å². The summed E-state index contributed by atoms with van der Waals surface area (Å²) in [5.74, 6) is -1.99. The van der Waals surface area contributed by atoms with E-state index in [0.29, 0.717) is 38.8 Å². The third kappa shape index (κ3) is 4.59. The zero-order chi connectivity index (χ0) is 29.2. The molecule has 2 bridgehead atoms. The molecule has 1 spiro atoms. The lowest BCUT2D eigenvalue weighted by Crippen LogP contribution is -2.57. The Balaban J connectivity index is 1.85. The van der Waals surface area contributed by atoms with E-state index in [0.717, 1.165) is 23.2 Å². The molecule has 1 aromatic carbocycles. The number of anilines is 1. The number of likely N-dealkylation sites (tertiary alicyclic amines) is 1. The number of ether oxygens (including phenoxy) is 1. The maximum Gasteiger partial charge on any atom is 0.253 e. The summed E-state index contributed by atoms with van der Waals surface area (Å²) in [5.41, 5.74) is 0.790. The highest BCUT2D eigenvalue weighted by Crippen LogP contribution is 2.64. The van der Waals surface area contributed by atoms with Crippen molar-refractivity contribution in [2.45, 2.75) is 77.0 Å². The fourth-order valence-corrected chi connectivity index (χ4v) is 7.57. The SMILES string of the molecule is C=CCN(CCC)C(=O)[C@H]1[C@H]2C(=O)N(CCCO)C(C(=O)N(CC=C)c3c(C)cccc3C)C23CC[C@]1(CC)O3. The minimum absolute atomic E-state index is 0.101. The molecule has 8 heteroatoms. The van der Waals surface area contributed by atoms with Gasteiger partial charge in [0.2, 0.25) is 11.8 Å². The normalized spacial score (nSPS) is 28.5. The first-order valence-electron chi connectivity index (χ1n) is 14.7. The number of aryl methyl sites for hydroxylation is 2. The molecule has 3 heterocycles. The monoisotopic (exact) mass is 551 g/mol. The molecule has 2 unspecified atom stereocenters. The van der Waals surface area contributed by atoms with Gasteiger partial charge >= 0.3 is 0 Å². The smallest absolute Gasteiger partial charge is 0.253 e. The van der Waals surface area contributed by atoms with Gasteiger partial charge in [0, 0.05) is 38.5 Å². The molecule has 3 aliphatic rings. The summed E-state index contributed by atoms with van der Waals surface area (Å²) in [6.45, 7) is 17.0. The number of hydrogen-bond donors (Lipinski definition) is 1. The van der Waals surface area contributed by atoms with E-state index in [2.05, 4.69) is 13.2 Å². The molecule has 3 saturated heterocycles. The van der Waals surface area contributed by atoms with E-state index in [-0.39, 0.29) is 37.4 Å². The molecule has 218 valence electrons. The molecule has 4 rings (SSSR count). The van der Waals surface area contributed by atoms with Gasteiger partial charge in [0.25, 0.3) is 5.91 Å². The average molecular weight is 552 g/mol. The van der Waals surface area contributed by atoms with Crippen molar-refractivity contribution in [3.05, 3.63) is 54.6 Å². The zero-order valence-electron chi connectivity index (χ0n) is 24.5. The van der Waals surface area contributed by atoms with Crippen molar-refractivity contribution in [1.82, 2.24) is 9.80 Å². The summed E-state index contributed by atoms with van der Waals surface area (Å²) in [7, 11) is 0. The fraction of sp³-hybridized carbons (Fsp3) is 0.594. The summed E-state index contributed by atoms with van der Waals surface area (Å²) in [6, 6.07) is 4.99. The van der Waals surface area contributed by atoms with Crippen LogP contribution >= 0.6 is 0 Å². The lowest BCUT2D eigenvalue weighted by molar-refractivity contribution is -0.151. The molecule has 0 aromatic heterocycles. The highest BCUT2D eigenvalue weighted by molar-refractivity contribution is 6.05. The van der Waals surface area contributed by atoms with Gasteiger partial charge in [-0.2, -0.15) is 0 Å². The van der Waals surface area contributed by atoms with Gasteiger partial charge in [-0.15, -0.1) is 13.2 Å². The third-order valence-electron chi connectivity index (χ3n) is 9.18. The Morgan fingerprint density at radius 3 is 2.38 bits per heavy atom. The lowest BCUT2D eigenvalue weighted by atomic mass is 9.64. The fourth-order valence-electron chi connectivity index (χ4n) is 7.57. The van der Waals surface area contributed by atoms with Crippen LogP contribution in [-0.2, 0) is 19.1 Å². The minimum atomic E-state index is -1.11. The van der Waals surface area contributed by atoms with E-state index in [9.17, 15) is 19.5 Å². The highest BCUT2D eigenvalue weighted by Gasteiger charge is 2.79. The van der Waals surface area contributed by atoms with Crippen molar-refractivity contribution in [2.75, 3.05) is 37.7 Å². The van der Waals surface area contributed by atoms with Crippen LogP contribution in [-0.4, -0.2) is 82.7 Å². The zero-order valence-corrected chi connectivity index (χ0v) is 24.5. The molecule has 1 aromatic rings. The van der Waals surface area contributed by atoms with E-state index in [1.54, 1.807) is 26.9 Å². The summed E-state index contributed by atoms with van der Waals surface area (Å²) in [6.07, 6.45) is 6.23. The standard InChI is InChI=1S/C32H45N3O5/c1-7-17-33(18-8-2)28(37)24-25-29(38)35(20-12-21-36)27(32(25)16-15-31(24,10-4)40-32)30(39)34(19-9-3)26-22(5)13-11-14-23(26)6/h7,9,11,13-14,24-25,27,36H,1,3,8,10,12,15-21H2,2,4-6H3/t24-,25+,27?,31+,32?/m1/s1. The number of nitrogens with zero attached hydrogens (tertiary/aromatic N) is 3. The Kier molecular flexibility index (Phi) is 8.90. The maximum absolute atomic E-state index is 14.7. The molecule has 3 aliphatic heterocycles. The number of aliphatic hydroxyl groups excluding tert-OH is 1. The van der Waals surface area contributed by atoms with Crippen LogP contribution in [0.5, 0.6) is 0 Å². The molecule has 3 fully saturated rings. The number of hydrogen-bond acceptors (Lipinski definition) is 5. The van der Waals surface area contributed by atoms with Crippen LogP contribution < -0.4 is 4.90 Å². The molecule has 0 aliphatic carbocycles. The topological polar surface area (TPSA) is 90.4 Å². The summed E-state index contributed by atoms with van der Waals surface area (Å²) in [4.78, 5) is 48.3. The minimum Gasteiger partial charge on any atom is -0.396 e. The largest absolute Gasteiger partial charge is 0.396 e. The van der Waals surface area contributed by atoms with Crippen LogP contribution in [0.3, 0.4) is 0 Å². The molecule has 5 atom stereocenters. The maximum atomic E-state index is 14.7. The van der Waals surface area contributed by atoms with Crippen LogP contribution in [0.15, 0.2) is 43.5 Å². The molecule has 0 saturated carbocycles. The van der Waals surface area contributed by atoms with Gasteiger partial charge in [-0.3, -0.25) is 14.4 Å². The molecular weight excluding hydrogens is 506 g/mol. The Labute approximate surface area is 238 Å². The number of aliphatic hydroxyl groups is 1. The third-order valence-corrected chi connectivity index (χ3v) is 9.18. The quantitative estimate of drug-likeness (QED) is 0.377. The van der Waals surface area contributed by atoms with E-state index >= 15 is 0 Å². The molecule has 40 heavy (non-hydrogen) atoms. The Hall–Kier alpha value is -2.97. The molecule has 3 amide bonds. The highest BCUT2D eigenvalue weighted by atomic mass is 16.5. The number of carbonyl (C=O) groups excluding carboxylic acids is 3. The number of benzene rings is 1. The van der Waals surface area contributed by atoms with Gasteiger partial charge in [0.15, 0.2) is 0 Å². The van der Waals surface area contributed by atoms with Gasteiger partial charge in [-0.05, 0) is 57.1 Å². The Morgan fingerprint density at radius 1 is 1.12 bits per heavy atom. The average Bonchev–Trinajstić information content (AvgIpc) is 3.54. The Morgan fingerprint density at radius 2 is 1.80 bits per heavy atom. The van der Waals surface area contributed by atoms with Crippen molar-refractivity contribution < 1.29 is 24.2 Å². The van der Waals surface area contributed by atoms with Gasteiger partial charge in [0.1, 0.15) is 11.6 Å². The number of para-hydroxylation sites is 1. The van der Waals surface area contributed by atoms with E-state index in [1.807, 2.05) is 45.9 Å². The lowest BCUT2D eigenvalue weighted by Gasteiger charge is -2.37. The van der Waals surface area contributed by atoms with Crippen molar-refractivity contribution in [2.24, 2.45) is 11.8 Å². The molecule has 1 N–H and O–H groups in total. The summed E-state index contributed by atoms with van der Waals surface area (Å²) in [5, 5.41) is 9.68. The van der Waals surface area contributed by atoms with E-state index in [1.165, 1.54) is 0 Å². The first-order chi connectivity index (χ1) is 19.2. The molecule has 0 radical (unpaired) electrons. The van der Waals surface area contributed by atoms with Gasteiger partial charge in [-0.1, -0.05) is 44.2 Å². The molecular formula is C32H45N3O5. The summed E-state index contributed by atoms with van der Waals surface area (Å²) < 4.78 is 6.93. The molecule has 8 nitrogen and oxygen atoms in total. The van der Waals surface area contributed by atoms with Crippen LogP contribution in [0.25, 0.3) is 0 Å². The second-order valence-electron chi connectivity index (χ2n) is 11.5. The predicted octanol–water partition coefficient (Wildman–Crippen LogP) is 3.78. The van der Waals surface area contributed by atoms with E-state index in [4.69, 9.17) is 4.74 Å². The van der Waals surface area contributed by atoms with Gasteiger partial charge < -0.3 is 24.5 Å². The first kappa shape index (κ1) is 30.0. The first-order valence-corrected chi connectivity index (χ1v) is 14.7. The van der Waals surface area contributed by atoms with Crippen LogP contribution in [0.2, 0.25) is 0 Å². The predicted molar refractivity (Wildman–Crippen MR) is 156 cm³/mol. The number of fused-ring (bicyclic) bond motifs is 1. The van der Waals surface area contributed by atoms with Crippen LogP contribution in [0.4, 0.5) is 5.69 Å². The van der Waals surface area contributed by atoms with Crippen LogP contribution in [0.1, 0.15) is 57.1 Å². The van der Waals surface area contributed by atoms with Crippen LogP contribution in [0, 0.1) is 25.7 Å². The number of rotatable bonds is 13. The Bertz CT molecular complexity index is 1150. The number of amides is 3. The second-order valence-corrected chi connectivity index (χ2v) is 11.5. The van der Waals surface area contributed by atoms with Gasteiger partial charge in [-0.25, -0.2) is 0 Å². The van der Waals surface area contributed by atoms with Crippen molar-refractivity contribution in [1.29, 1.82) is 0 Å². The summed E-state index contributed by atoms with van der Waals surface area (Å²) >= 11 is 0. The van der Waals surface area contributed by atoms with Crippen molar-refractivity contribution in [3.8, 4) is 0 Å². The number of carbonyl (C=O) groups is 3. The van der Waals surface area contributed by atoms with E-state index < -0.39 is 29.1 Å². The second kappa shape index (κ2) is 11.9. The van der Waals surface area contributed by atoms with Gasteiger partial charge in [0.05, 0.1) is 17.4 Å².